The lowest BCUT2D eigenvalue weighted by Crippen LogP contribution is -2.60. The normalized spacial score (nSPS) is 14.4. The van der Waals surface area contributed by atoms with Gasteiger partial charge < -0.3 is 84.6 Å². The molecule has 0 aromatic heterocycles. The largest absolute Gasteiger partial charge is 0.508 e. The standard InChI is InChI=1S/C48H66N10O19/c1-23(2)17-31(45(73)58-35(48(76)77)19-25-7-5-4-6-8-25)54-40(68)24(3)51-44(72)33(20-38(64)65)56-42(70)29(13-15-36(50)61)52-47(75)34(21-39(66)67)57-43(71)30(14-16-37(62)63)53-46(74)32(55-41(69)28(49)22-59)18-26-9-11-27(60)12-10-26/h4-12,23-24,28-35,59-60H,13-22,49H2,1-3H3,(H2,50,61)(H,51,72)(H,52,75)(H,53,74)(H,54,68)(H,55,69)(H,56,70)(H,57,71)(H,58,73)(H,62,63)(H,64,65)(H,66,67)(H,76,77)/t24-,28-,29-,30-,31-,32-,33-,34-,35-/m0/s1. The molecule has 77 heavy (non-hydrogen) atoms. The Kier molecular flexibility index (Phi) is 26.7. The van der Waals surface area contributed by atoms with Crippen LogP contribution in [-0.2, 0) is 75.2 Å². The quantitative estimate of drug-likeness (QED) is 0.0315. The minimum atomic E-state index is -2.15. The van der Waals surface area contributed by atoms with Crippen molar-refractivity contribution in [3.63, 3.8) is 0 Å². The number of amides is 9. The molecule has 29 nitrogen and oxygen atoms in total. The Labute approximate surface area is 440 Å². The van der Waals surface area contributed by atoms with Crippen molar-refractivity contribution in [2.75, 3.05) is 6.61 Å². The van der Waals surface area contributed by atoms with Crippen molar-refractivity contribution in [2.45, 2.75) is 133 Å². The predicted octanol–water partition coefficient (Wildman–Crippen LogP) is -4.39. The van der Waals surface area contributed by atoms with Crippen LogP contribution in [0.4, 0.5) is 0 Å². The number of aromatic hydroxyl groups is 1. The number of nitrogens with one attached hydrogen (secondary N) is 8. The fourth-order valence-corrected chi connectivity index (χ4v) is 7.09. The molecule has 2 rings (SSSR count). The Hall–Kier alpha value is -8.73. The minimum Gasteiger partial charge on any atom is -0.508 e. The van der Waals surface area contributed by atoms with Gasteiger partial charge in [0.15, 0.2) is 0 Å². The van der Waals surface area contributed by atoms with Crippen LogP contribution in [0.5, 0.6) is 5.75 Å². The maximum Gasteiger partial charge on any atom is 0.326 e. The zero-order chi connectivity index (χ0) is 58.1. The zero-order valence-electron chi connectivity index (χ0n) is 42.2. The molecule has 18 N–H and O–H groups in total. The van der Waals surface area contributed by atoms with E-state index in [1.165, 1.54) is 24.3 Å². The summed E-state index contributed by atoms with van der Waals surface area (Å²) in [4.78, 5) is 168. The molecule has 0 aliphatic heterocycles. The third kappa shape index (κ3) is 24.0. The number of carbonyl (C=O) groups excluding carboxylic acids is 9. The summed E-state index contributed by atoms with van der Waals surface area (Å²) in [6.45, 7) is 3.71. The molecule has 0 fully saturated rings. The van der Waals surface area contributed by atoms with Gasteiger partial charge in [-0.05, 0) is 55.4 Å². The number of hydrogen-bond donors (Lipinski definition) is 16. The monoisotopic (exact) mass is 1090 g/mol. The summed E-state index contributed by atoms with van der Waals surface area (Å²) in [6.07, 6.45) is -5.67. The zero-order valence-corrected chi connectivity index (χ0v) is 42.2. The van der Waals surface area contributed by atoms with E-state index in [2.05, 4.69) is 42.5 Å². The Balaban J connectivity index is 2.36. The lowest BCUT2D eigenvalue weighted by Gasteiger charge is -2.27. The molecule has 0 spiro atoms. The second-order valence-corrected chi connectivity index (χ2v) is 18.1. The number of aliphatic hydroxyl groups excluding tert-OH is 1. The summed E-state index contributed by atoms with van der Waals surface area (Å²) in [6, 6.07) is -1.77. The predicted molar refractivity (Wildman–Crippen MR) is 265 cm³/mol. The van der Waals surface area contributed by atoms with Gasteiger partial charge in [-0.15, -0.1) is 0 Å². The number of primary amides is 1. The molecule has 422 valence electrons. The van der Waals surface area contributed by atoms with Gasteiger partial charge in [0.05, 0.1) is 19.4 Å². The molecule has 2 aromatic carbocycles. The molecular formula is C48H66N10O19. The van der Waals surface area contributed by atoms with E-state index in [0.717, 1.165) is 6.92 Å². The third-order valence-electron chi connectivity index (χ3n) is 11.1. The Bertz CT molecular complexity index is 2440. The number of aliphatic carboxylic acids is 4. The average molecular weight is 1090 g/mol. The second kappa shape index (κ2) is 31.9. The van der Waals surface area contributed by atoms with Gasteiger partial charge in [0.2, 0.25) is 53.2 Å². The number of rotatable bonds is 34. The van der Waals surface area contributed by atoms with E-state index in [-0.39, 0.29) is 30.9 Å². The SMILES string of the molecule is CC(C)C[C@H](NC(=O)[C@H](C)NC(=O)[C@H](CC(=O)O)NC(=O)[C@H](CCC(N)=O)NC(=O)[C@H](CC(=O)O)NC(=O)[C@H](CCC(=O)O)NC(=O)[C@H](Cc1ccc(O)cc1)NC(=O)[C@@H](N)CO)C(=O)N[C@@H](Cc1ccccc1)C(=O)O. The highest BCUT2D eigenvalue weighted by Crippen LogP contribution is 2.14. The van der Waals surface area contributed by atoms with Crippen LogP contribution in [0, 0.1) is 5.92 Å². The van der Waals surface area contributed by atoms with Crippen LogP contribution in [0.25, 0.3) is 0 Å². The number of carboxylic acids is 4. The van der Waals surface area contributed by atoms with Crippen LogP contribution in [-0.4, -0.2) is 169 Å². The van der Waals surface area contributed by atoms with Gasteiger partial charge in [-0.3, -0.25) is 57.5 Å². The second-order valence-electron chi connectivity index (χ2n) is 18.1. The molecule has 29 heteroatoms. The van der Waals surface area contributed by atoms with Crippen molar-refractivity contribution in [2.24, 2.45) is 17.4 Å². The molecule has 0 unspecified atom stereocenters. The van der Waals surface area contributed by atoms with Crippen molar-refractivity contribution in [1.29, 1.82) is 0 Å². The van der Waals surface area contributed by atoms with Gasteiger partial charge in [-0.25, -0.2) is 4.79 Å². The van der Waals surface area contributed by atoms with Crippen LogP contribution in [0.15, 0.2) is 54.6 Å². The van der Waals surface area contributed by atoms with Crippen LogP contribution in [0.2, 0.25) is 0 Å². The molecular weight excluding hydrogens is 1020 g/mol. The van der Waals surface area contributed by atoms with E-state index in [4.69, 9.17) is 11.5 Å². The van der Waals surface area contributed by atoms with Crippen LogP contribution < -0.4 is 54.0 Å². The molecule has 2 aromatic rings. The van der Waals surface area contributed by atoms with Crippen molar-refractivity contribution in [1.82, 2.24) is 42.5 Å². The topological polar surface area (TPSA) is 492 Å². The lowest BCUT2D eigenvalue weighted by molar-refractivity contribution is -0.142. The molecule has 0 radical (unpaired) electrons. The molecule has 0 bridgehead atoms. The molecule has 0 saturated heterocycles. The van der Waals surface area contributed by atoms with Gasteiger partial charge >= 0.3 is 23.9 Å². The van der Waals surface area contributed by atoms with E-state index in [0.29, 0.717) is 11.1 Å². The van der Waals surface area contributed by atoms with Crippen molar-refractivity contribution in [3.05, 3.63) is 65.7 Å². The van der Waals surface area contributed by atoms with Gasteiger partial charge in [0, 0.05) is 25.7 Å². The highest BCUT2D eigenvalue weighted by Gasteiger charge is 2.36. The van der Waals surface area contributed by atoms with Crippen molar-refractivity contribution in [3.8, 4) is 5.75 Å². The summed E-state index contributed by atoms with van der Waals surface area (Å²) in [5.41, 5.74) is 11.8. The van der Waals surface area contributed by atoms with E-state index in [1.54, 1.807) is 44.2 Å². The summed E-state index contributed by atoms with van der Waals surface area (Å²) < 4.78 is 0. The average Bonchev–Trinajstić information content (AvgIpc) is 3.35. The molecule has 9 amide bonds. The van der Waals surface area contributed by atoms with Crippen LogP contribution in [0.3, 0.4) is 0 Å². The lowest BCUT2D eigenvalue weighted by atomic mass is 10.0. The number of phenolic OH excluding ortho intramolecular Hbond substituents is 1. The number of aliphatic hydroxyl groups is 1. The fourth-order valence-electron chi connectivity index (χ4n) is 7.09. The Morgan fingerprint density at radius 2 is 0.870 bits per heavy atom. The van der Waals surface area contributed by atoms with Gasteiger partial charge in [-0.2, -0.15) is 0 Å². The first kappa shape index (κ1) is 64.4. The van der Waals surface area contributed by atoms with Crippen LogP contribution >= 0.6 is 0 Å². The summed E-state index contributed by atoms with van der Waals surface area (Å²) in [5, 5.41) is 75.5. The molecule has 0 saturated carbocycles. The summed E-state index contributed by atoms with van der Waals surface area (Å²) >= 11 is 0. The van der Waals surface area contributed by atoms with Crippen LogP contribution in [0.1, 0.15) is 76.8 Å². The number of carbonyl (C=O) groups is 13. The first-order valence-electron chi connectivity index (χ1n) is 23.9. The minimum absolute atomic E-state index is 0.00208. The Morgan fingerprint density at radius 3 is 1.34 bits per heavy atom. The summed E-state index contributed by atoms with van der Waals surface area (Å²) in [7, 11) is 0. The molecule has 0 aliphatic rings. The summed E-state index contributed by atoms with van der Waals surface area (Å²) in [5.74, 6) is -17.2. The third-order valence-corrected chi connectivity index (χ3v) is 11.1. The van der Waals surface area contributed by atoms with Gasteiger partial charge in [-0.1, -0.05) is 56.3 Å². The Morgan fingerprint density at radius 1 is 0.468 bits per heavy atom. The van der Waals surface area contributed by atoms with Crippen molar-refractivity contribution < 1.29 is 93.0 Å². The van der Waals surface area contributed by atoms with E-state index in [9.17, 15) is 93.0 Å². The number of hydrogen-bond acceptors (Lipinski definition) is 16. The number of nitrogens with two attached hydrogens (primary N) is 2. The fraction of sp³-hybridized carbons (Fsp3) is 0.479. The number of phenols is 1. The highest BCUT2D eigenvalue weighted by atomic mass is 16.4. The molecule has 0 aliphatic carbocycles. The highest BCUT2D eigenvalue weighted by molar-refractivity contribution is 5.99. The number of benzene rings is 2. The van der Waals surface area contributed by atoms with Gasteiger partial charge in [0.1, 0.15) is 60.1 Å². The number of carboxylic acid groups (broad SMARTS) is 4. The first-order valence-corrected chi connectivity index (χ1v) is 23.9. The maximum absolute atomic E-state index is 13.8. The van der Waals surface area contributed by atoms with E-state index < -0.39 is 177 Å². The smallest absolute Gasteiger partial charge is 0.326 e. The van der Waals surface area contributed by atoms with E-state index in [1.807, 2.05) is 0 Å². The first-order chi connectivity index (χ1) is 36.1. The molecule has 0 heterocycles. The van der Waals surface area contributed by atoms with Crippen molar-refractivity contribution >= 4 is 77.0 Å². The van der Waals surface area contributed by atoms with E-state index >= 15 is 0 Å². The van der Waals surface area contributed by atoms with Gasteiger partial charge in [0.25, 0.3) is 0 Å². The maximum atomic E-state index is 13.8. The molecule has 9 atom stereocenters.